The van der Waals surface area contributed by atoms with Crippen molar-refractivity contribution in [3.63, 3.8) is 0 Å². The van der Waals surface area contributed by atoms with Gasteiger partial charge in [0.15, 0.2) is 16.6 Å². The maximum atomic E-state index is 11.4. The first-order chi connectivity index (χ1) is 11.6. The summed E-state index contributed by atoms with van der Waals surface area (Å²) in [5, 5.41) is 4.36. The molecule has 1 aromatic heterocycles. The molecular weight excluding hydrogens is 326 g/mol. The monoisotopic (exact) mass is 349 g/mol. The maximum absolute atomic E-state index is 11.4. The Morgan fingerprint density at radius 3 is 2.58 bits per heavy atom. The number of rotatable bonds is 5. The maximum Gasteiger partial charge on any atom is 0.219 e. The summed E-state index contributed by atoms with van der Waals surface area (Å²) in [7, 11) is 3.26. The molecular formula is C17H23N3O3S. The molecule has 1 fully saturated rings. The summed E-state index contributed by atoms with van der Waals surface area (Å²) in [4.78, 5) is 17.9. The Morgan fingerprint density at radius 2 is 1.96 bits per heavy atom. The Labute approximate surface area is 145 Å². The molecule has 2 heterocycles. The van der Waals surface area contributed by atoms with Gasteiger partial charge in [-0.15, -0.1) is 0 Å². The third-order valence-electron chi connectivity index (χ3n) is 4.50. The second-order valence-corrected chi connectivity index (χ2v) is 7.05. The van der Waals surface area contributed by atoms with Crippen molar-refractivity contribution in [3.8, 4) is 11.5 Å². The van der Waals surface area contributed by atoms with Crippen LogP contribution in [0.25, 0.3) is 10.2 Å². The number of carbonyl (C=O) groups is 1. The molecule has 1 saturated heterocycles. The highest BCUT2D eigenvalue weighted by molar-refractivity contribution is 7.22. The topological polar surface area (TPSA) is 63.7 Å². The molecule has 3 rings (SSSR count). The average Bonchev–Trinajstić information content (AvgIpc) is 3.00. The van der Waals surface area contributed by atoms with Gasteiger partial charge < -0.3 is 19.7 Å². The minimum atomic E-state index is 0.176. The number of fused-ring (bicyclic) bond motifs is 1. The smallest absolute Gasteiger partial charge is 0.219 e. The van der Waals surface area contributed by atoms with Gasteiger partial charge in [0, 0.05) is 38.7 Å². The summed E-state index contributed by atoms with van der Waals surface area (Å²) in [6.45, 7) is 4.24. The van der Waals surface area contributed by atoms with Crippen LogP contribution in [-0.2, 0) is 4.79 Å². The Hall–Kier alpha value is -2.02. The quantitative estimate of drug-likeness (QED) is 0.899. The summed E-state index contributed by atoms with van der Waals surface area (Å²) in [6.07, 6.45) is 2.08. The molecule has 0 radical (unpaired) electrons. The van der Waals surface area contributed by atoms with Crippen molar-refractivity contribution < 1.29 is 14.3 Å². The minimum Gasteiger partial charge on any atom is -0.493 e. The van der Waals surface area contributed by atoms with Gasteiger partial charge in [-0.1, -0.05) is 11.3 Å². The largest absolute Gasteiger partial charge is 0.493 e. The van der Waals surface area contributed by atoms with E-state index in [2.05, 4.69) is 10.3 Å². The van der Waals surface area contributed by atoms with Crippen LogP contribution in [0.4, 0.5) is 5.13 Å². The number of nitrogens with zero attached hydrogens (tertiary/aromatic N) is 2. The van der Waals surface area contributed by atoms with Crippen LogP contribution in [0.2, 0.25) is 0 Å². The van der Waals surface area contributed by atoms with Gasteiger partial charge in [0.25, 0.3) is 0 Å². The number of likely N-dealkylation sites (tertiary alicyclic amines) is 1. The van der Waals surface area contributed by atoms with E-state index in [0.717, 1.165) is 53.6 Å². The first-order valence-corrected chi connectivity index (χ1v) is 8.94. The predicted molar refractivity (Wildman–Crippen MR) is 96.2 cm³/mol. The number of benzene rings is 1. The van der Waals surface area contributed by atoms with E-state index in [9.17, 15) is 4.79 Å². The van der Waals surface area contributed by atoms with Crippen molar-refractivity contribution in [1.29, 1.82) is 0 Å². The zero-order chi connectivity index (χ0) is 17.1. The van der Waals surface area contributed by atoms with E-state index in [1.165, 1.54) is 0 Å². The summed E-state index contributed by atoms with van der Waals surface area (Å²) in [6, 6.07) is 3.86. The van der Waals surface area contributed by atoms with E-state index in [1.54, 1.807) is 32.5 Å². The number of amides is 1. The van der Waals surface area contributed by atoms with Crippen molar-refractivity contribution >= 4 is 32.6 Å². The van der Waals surface area contributed by atoms with Gasteiger partial charge in [-0.2, -0.15) is 0 Å². The number of nitrogens with one attached hydrogen (secondary N) is 1. The fourth-order valence-corrected chi connectivity index (χ4v) is 3.90. The van der Waals surface area contributed by atoms with Crippen LogP contribution in [0.3, 0.4) is 0 Å². The number of piperidine rings is 1. The average molecular weight is 349 g/mol. The Bertz CT molecular complexity index is 682. The predicted octanol–water partition coefficient (Wildman–Crippen LogP) is 2.98. The highest BCUT2D eigenvalue weighted by Gasteiger charge is 2.20. The number of anilines is 1. The molecule has 2 aromatic rings. The molecule has 130 valence electrons. The Kier molecular flexibility index (Phi) is 5.08. The molecule has 0 aliphatic carbocycles. The molecule has 0 saturated carbocycles. The van der Waals surface area contributed by atoms with Crippen LogP contribution in [0, 0.1) is 5.92 Å². The van der Waals surface area contributed by atoms with Gasteiger partial charge in [-0.05, 0) is 18.8 Å². The van der Waals surface area contributed by atoms with Crippen molar-refractivity contribution in [2.45, 2.75) is 19.8 Å². The number of thiazole rings is 1. The van der Waals surface area contributed by atoms with Crippen LogP contribution in [-0.4, -0.2) is 49.6 Å². The SMILES string of the molecule is COc1cc2nc(NCC3CCN(C(C)=O)CC3)sc2cc1OC. The normalized spacial score (nSPS) is 15.5. The van der Waals surface area contributed by atoms with Crippen molar-refractivity contribution in [1.82, 2.24) is 9.88 Å². The van der Waals surface area contributed by atoms with E-state index in [-0.39, 0.29) is 5.91 Å². The first kappa shape index (κ1) is 16.8. The van der Waals surface area contributed by atoms with E-state index in [0.29, 0.717) is 11.7 Å². The number of methoxy groups -OCH3 is 2. The molecule has 1 N–H and O–H groups in total. The second-order valence-electron chi connectivity index (χ2n) is 6.02. The second kappa shape index (κ2) is 7.25. The minimum absolute atomic E-state index is 0.176. The van der Waals surface area contributed by atoms with Gasteiger partial charge in [-0.25, -0.2) is 4.98 Å². The fraction of sp³-hybridized carbons (Fsp3) is 0.529. The number of hydrogen-bond acceptors (Lipinski definition) is 6. The highest BCUT2D eigenvalue weighted by atomic mass is 32.1. The standard InChI is InChI=1S/C17H23N3O3S/c1-11(21)20-6-4-12(5-7-20)10-18-17-19-13-8-14(22-2)15(23-3)9-16(13)24-17/h8-9,12H,4-7,10H2,1-3H3,(H,18,19). The molecule has 1 amide bonds. The van der Waals surface area contributed by atoms with E-state index >= 15 is 0 Å². The van der Waals surface area contributed by atoms with Crippen molar-refractivity contribution in [2.24, 2.45) is 5.92 Å². The van der Waals surface area contributed by atoms with Crippen molar-refractivity contribution in [2.75, 3.05) is 39.2 Å². The first-order valence-electron chi connectivity index (χ1n) is 8.12. The lowest BCUT2D eigenvalue weighted by atomic mass is 9.97. The zero-order valence-corrected chi connectivity index (χ0v) is 15.1. The lowest BCUT2D eigenvalue weighted by Crippen LogP contribution is -2.38. The van der Waals surface area contributed by atoms with E-state index in [4.69, 9.17) is 9.47 Å². The van der Waals surface area contributed by atoms with Gasteiger partial charge in [0.05, 0.1) is 24.4 Å². The van der Waals surface area contributed by atoms with Crippen LogP contribution in [0.5, 0.6) is 11.5 Å². The van der Waals surface area contributed by atoms with Crippen LogP contribution >= 0.6 is 11.3 Å². The lowest BCUT2D eigenvalue weighted by molar-refractivity contribution is -0.130. The number of carbonyl (C=O) groups excluding carboxylic acids is 1. The molecule has 0 atom stereocenters. The van der Waals surface area contributed by atoms with Crippen LogP contribution < -0.4 is 14.8 Å². The van der Waals surface area contributed by atoms with E-state index in [1.807, 2.05) is 17.0 Å². The van der Waals surface area contributed by atoms with Crippen LogP contribution in [0.15, 0.2) is 12.1 Å². The summed E-state index contributed by atoms with van der Waals surface area (Å²) >= 11 is 1.62. The fourth-order valence-electron chi connectivity index (χ4n) is 3.01. The van der Waals surface area contributed by atoms with Gasteiger partial charge in [0.2, 0.25) is 5.91 Å². The third-order valence-corrected chi connectivity index (χ3v) is 5.47. The molecule has 0 spiro atoms. The number of aromatic nitrogens is 1. The third kappa shape index (κ3) is 3.56. The van der Waals surface area contributed by atoms with E-state index < -0.39 is 0 Å². The molecule has 6 nitrogen and oxygen atoms in total. The van der Waals surface area contributed by atoms with Gasteiger partial charge in [0.1, 0.15) is 0 Å². The molecule has 1 aliphatic heterocycles. The Balaban J connectivity index is 1.63. The zero-order valence-electron chi connectivity index (χ0n) is 14.3. The summed E-state index contributed by atoms with van der Waals surface area (Å²) < 4.78 is 11.7. The van der Waals surface area contributed by atoms with Crippen molar-refractivity contribution in [3.05, 3.63) is 12.1 Å². The van der Waals surface area contributed by atoms with Crippen LogP contribution in [0.1, 0.15) is 19.8 Å². The molecule has 0 bridgehead atoms. The summed E-state index contributed by atoms with van der Waals surface area (Å²) in [5.74, 6) is 2.17. The summed E-state index contributed by atoms with van der Waals surface area (Å²) in [5.41, 5.74) is 0.909. The Morgan fingerprint density at radius 1 is 1.29 bits per heavy atom. The highest BCUT2D eigenvalue weighted by Crippen LogP contribution is 2.36. The molecule has 1 aliphatic rings. The lowest BCUT2D eigenvalue weighted by Gasteiger charge is -2.31. The molecule has 7 heteroatoms. The number of ether oxygens (including phenoxy) is 2. The van der Waals surface area contributed by atoms with Gasteiger partial charge >= 0.3 is 0 Å². The molecule has 24 heavy (non-hydrogen) atoms. The van der Waals surface area contributed by atoms with Gasteiger partial charge in [-0.3, -0.25) is 4.79 Å². The number of hydrogen-bond donors (Lipinski definition) is 1. The molecule has 0 unspecified atom stereocenters. The molecule has 1 aromatic carbocycles.